The van der Waals surface area contributed by atoms with Crippen LogP contribution >= 0.6 is 0 Å². The zero-order valence-electron chi connectivity index (χ0n) is 11.4. The van der Waals surface area contributed by atoms with Crippen molar-refractivity contribution in [3.05, 3.63) is 0 Å². The largest absolute Gasteiger partial charge is 0.481 e. The molecule has 1 saturated heterocycles. The highest BCUT2D eigenvalue weighted by molar-refractivity contribution is 5.82. The Labute approximate surface area is 116 Å². The summed E-state index contributed by atoms with van der Waals surface area (Å²) in [6.07, 6.45) is 0.0953. The van der Waals surface area contributed by atoms with E-state index in [0.29, 0.717) is 19.7 Å². The molecule has 3 N–H and O–H groups in total. The van der Waals surface area contributed by atoms with E-state index < -0.39 is 24.0 Å². The van der Waals surface area contributed by atoms with Gasteiger partial charge >= 0.3 is 18.0 Å². The Hall–Kier alpha value is -1.83. The topological polar surface area (TPSA) is 116 Å². The second-order valence-electron chi connectivity index (χ2n) is 4.75. The van der Waals surface area contributed by atoms with Gasteiger partial charge < -0.3 is 25.2 Å². The number of carbonyl (C=O) groups excluding carboxylic acids is 1. The summed E-state index contributed by atoms with van der Waals surface area (Å²) in [6, 6.07) is -1.53. The van der Waals surface area contributed by atoms with Crippen LogP contribution in [0.1, 0.15) is 26.2 Å². The molecule has 1 rings (SSSR count). The van der Waals surface area contributed by atoms with Crippen LogP contribution in [-0.4, -0.2) is 64.9 Å². The second kappa shape index (κ2) is 7.68. The number of morpholine rings is 1. The van der Waals surface area contributed by atoms with Gasteiger partial charge in [0.05, 0.1) is 12.7 Å². The van der Waals surface area contributed by atoms with Crippen molar-refractivity contribution in [2.75, 3.05) is 19.7 Å². The number of aliphatic carboxylic acids is 2. The van der Waals surface area contributed by atoms with Gasteiger partial charge in [0.2, 0.25) is 0 Å². The van der Waals surface area contributed by atoms with Crippen molar-refractivity contribution in [1.82, 2.24) is 10.2 Å². The van der Waals surface area contributed by atoms with Crippen molar-refractivity contribution >= 4 is 18.0 Å². The fourth-order valence-corrected chi connectivity index (χ4v) is 1.96. The lowest BCUT2D eigenvalue weighted by Crippen LogP contribution is -2.52. The zero-order valence-corrected chi connectivity index (χ0v) is 11.4. The van der Waals surface area contributed by atoms with E-state index in [1.807, 2.05) is 6.92 Å². The third-order valence-electron chi connectivity index (χ3n) is 3.01. The van der Waals surface area contributed by atoms with Gasteiger partial charge in [-0.15, -0.1) is 0 Å². The Morgan fingerprint density at radius 1 is 1.40 bits per heavy atom. The van der Waals surface area contributed by atoms with Crippen LogP contribution in [0.2, 0.25) is 0 Å². The minimum atomic E-state index is -1.16. The third kappa shape index (κ3) is 5.43. The Bertz CT molecular complexity index is 373. The summed E-state index contributed by atoms with van der Waals surface area (Å²) in [6.45, 7) is 3.08. The first-order chi connectivity index (χ1) is 9.40. The van der Waals surface area contributed by atoms with Gasteiger partial charge in [0.15, 0.2) is 0 Å². The molecular weight excluding hydrogens is 268 g/mol. The van der Waals surface area contributed by atoms with Gasteiger partial charge in [0.25, 0.3) is 0 Å². The van der Waals surface area contributed by atoms with E-state index in [4.69, 9.17) is 14.9 Å². The third-order valence-corrected chi connectivity index (χ3v) is 3.01. The molecule has 0 spiro atoms. The summed E-state index contributed by atoms with van der Waals surface area (Å²) >= 11 is 0. The molecule has 0 bridgehead atoms. The van der Waals surface area contributed by atoms with Gasteiger partial charge in [0, 0.05) is 19.5 Å². The SMILES string of the molecule is CC1CN(C(=O)N[C@H](CCCC(=O)O)C(=O)O)CCO1. The summed E-state index contributed by atoms with van der Waals surface area (Å²) < 4.78 is 5.30. The standard InChI is InChI=1S/C12H20N2O6/c1-8-7-14(5-6-20-8)12(19)13-9(11(17)18)3-2-4-10(15)16/h8-9H,2-7H2,1H3,(H,13,19)(H,15,16)(H,17,18)/t8?,9-/m1/s1. The molecule has 2 amide bonds. The molecule has 2 atom stereocenters. The molecule has 0 saturated carbocycles. The van der Waals surface area contributed by atoms with Gasteiger partial charge in [-0.2, -0.15) is 0 Å². The number of nitrogens with zero attached hydrogens (tertiary/aromatic N) is 1. The Morgan fingerprint density at radius 2 is 2.10 bits per heavy atom. The maximum Gasteiger partial charge on any atom is 0.326 e. The molecule has 1 aliphatic rings. The fraction of sp³-hybridized carbons (Fsp3) is 0.750. The van der Waals surface area contributed by atoms with Crippen molar-refractivity contribution in [2.45, 2.75) is 38.3 Å². The summed E-state index contributed by atoms with van der Waals surface area (Å²) in [5.41, 5.74) is 0. The number of nitrogens with one attached hydrogen (secondary N) is 1. The lowest BCUT2D eigenvalue weighted by atomic mass is 10.1. The lowest BCUT2D eigenvalue weighted by molar-refractivity contribution is -0.140. The number of rotatable bonds is 6. The van der Waals surface area contributed by atoms with E-state index in [-0.39, 0.29) is 25.4 Å². The number of carbonyl (C=O) groups is 3. The molecule has 8 heteroatoms. The van der Waals surface area contributed by atoms with E-state index in [9.17, 15) is 14.4 Å². The van der Waals surface area contributed by atoms with Crippen molar-refractivity contribution in [1.29, 1.82) is 0 Å². The monoisotopic (exact) mass is 288 g/mol. The summed E-state index contributed by atoms with van der Waals surface area (Å²) in [5, 5.41) is 20.0. The van der Waals surface area contributed by atoms with Crippen molar-refractivity contribution in [2.24, 2.45) is 0 Å². The smallest absolute Gasteiger partial charge is 0.326 e. The number of urea groups is 1. The minimum Gasteiger partial charge on any atom is -0.481 e. The predicted octanol–water partition coefficient (Wildman–Crippen LogP) is 0.125. The van der Waals surface area contributed by atoms with Gasteiger partial charge in [0.1, 0.15) is 6.04 Å². The van der Waals surface area contributed by atoms with Crippen LogP contribution < -0.4 is 5.32 Å². The normalized spacial score (nSPS) is 20.2. The summed E-state index contributed by atoms with van der Waals surface area (Å²) in [7, 11) is 0. The summed E-state index contributed by atoms with van der Waals surface area (Å²) in [5.74, 6) is -2.15. The highest BCUT2D eigenvalue weighted by atomic mass is 16.5. The number of ether oxygens (including phenoxy) is 1. The molecule has 0 radical (unpaired) electrons. The molecule has 8 nitrogen and oxygen atoms in total. The van der Waals surface area contributed by atoms with Gasteiger partial charge in [-0.05, 0) is 19.8 Å². The highest BCUT2D eigenvalue weighted by Gasteiger charge is 2.26. The molecule has 114 valence electrons. The van der Waals surface area contributed by atoms with Crippen LogP contribution in [0.5, 0.6) is 0 Å². The molecular formula is C12H20N2O6. The first kappa shape index (κ1) is 16.2. The molecule has 0 aromatic heterocycles. The molecule has 0 aromatic carbocycles. The molecule has 1 aliphatic heterocycles. The fourth-order valence-electron chi connectivity index (χ4n) is 1.96. The van der Waals surface area contributed by atoms with Gasteiger partial charge in [-0.25, -0.2) is 9.59 Å². The van der Waals surface area contributed by atoms with Crippen LogP contribution in [0.4, 0.5) is 4.79 Å². The van der Waals surface area contributed by atoms with E-state index in [0.717, 1.165) is 0 Å². The van der Waals surface area contributed by atoms with Crippen molar-refractivity contribution in [3.63, 3.8) is 0 Å². The quantitative estimate of drug-likeness (QED) is 0.639. The van der Waals surface area contributed by atoms with Crippen LogP contribution in [0, 0.1) is 0 Å². The average Bonchev–Trinajstić information content (AvgIpc) is 2.36. The van der Waals surface area contributed by atoms with Crippen molar-refractivity contribution < 1.29 is 29.3 Å². The maximum absolute atomic E-state index is 11.9. The second-order valence-corrected chi connectivity index (χ2v) is 4.75. The van der Waals surface area contributed by atoms with Crippen LogP contribution in [0.15, 0.2) is 0 Å². The highest BCUT2D eigenvalue weighted by Crippen LogP contribution is 2.07. The molecule has 1 heterocycles. The number of carboxylic acid groups (broad SMARTS) is 2. The average molecular weight is 288 g/mol. The molecule has 0 aromatic rings. The van der Waals surface area contributed by atoms with Gasteiger partial charge in [-0.3, -0.25) is 4.79 Å². The number of amides is 2. The number of hydrogen-bond acceptors (Lipinski definition) is 4. The Balaban J connectivity index is 2.45. The van der Waals surface area contributed by atoms with E-state index in [1.165, 1.54) is 4.90 Å². The maximum atomic E-state index is 11.9. The first-order valence-corrected chi connectivity index (χ1v) is 6.51. The van der Waals surface area contributed by atoms with E-state index >= 15 is 0 Å². The number of hydrogen-bond donors (Lipinski definition) is 3. The first-order valence-electron chi connectivity index (χ1n) is 6.51. The van der Waals surface area contributed by atoms with Crippen LogP contribution in [0.3, 0.4) is 0 Å². The van der Waals surface area contributed by atoms with Crippen LogP contribution in [0.25, 0.3) is 0 Å². The molecule has 20 heavy (non-hydrogen) atoms. The summed E-state index contributed by atoms with van der Waals surface area (Å²) in [4.78, 5) is 34.9. The molecule has 0 aliphatic carbocycles. The number of carboxylic acids is 2. The zero-order chi connectivity index (χ0) is 15.1. The van der Waals surface area contributed by atoms with Crippen molar-refractivity contribution in [3.8, 4) is 0 Å². The molecule has 1 fully saturated rings. The predicted molar refractivity (Wildman–Crippen MR) is 68.4 cm³/mol. The minimum absolute atomic E-state index is 0.0789. The van der Waals surface area contributed by atoms with Gasteiger partial charge in [-0.1, -0.05) is 0 Å². The Kier molecular flexibility index (Phi) is 6.23. The van der Waals surface area contributed by atoms with Crippen LogP contribution in [-0.2, 0) is 14.3 Å². The Morgan fingerprint density at radius 3 is 2.65 bits per heavy atom. The molecule has 1 unspecified atom stereocenters. The van der Waals surface area contributed by atoms with E-state index in [1.54, 1.807) is 0 Å². The van der Waals surface area contributed by atoms with E-state index in [2.05, 4.69) is 5.32 Å². The lowest BCUT2D eigenvalue weighted by Gasteiger charge is -2.32.